The Morgan fingerprint density at radius 1 is 1.27 bits per heavy atom. The van der Waals surface area contributed by atoms with Gasteiger partial charge in [0, 0.05) is 50.7 Å². The summed E-state index contributed by atoms with van der Waals surface area (Å²) < 4.78 is 0. The second-order valence-electron chi connectivity index (χ2n) is 7.08. The third-order valence-corrected chi connectivity index (χ3v) is 5.33. The molecule has 0 aliphatic carbocycles. The number of nitrogens with zero attached hydrogens (tertiary/aromatic N) is 3. The van der Waals surface area contributed by atoms with Crippen molar-refractivity contribution in [2.45, 2.75) is 38.8 Å². The van der Waals surface area contributed by atoms with Crippen molar-refractivity contribution in [3.63, 3.8) is 0 Å². The Labute approximate surface area is 134 Å². The van der Waals surface area contributed by atoms with Gasteiger partial charge in [0.25, 0.3) is 0 Å². The van der Waals surface area contributed by atoms with Gasteiger partial charge >= 0.3 is 0 Å². The summed E-state index contributed by atoms with van der Waals surface area (Å²) in [5.41, 5.74) is 1.37. The van der Waals surface area contributed by atoms with Crippen molar-refractivity contribution >= 4 is 0 Å². The molecule has 4 nitrogen and oxygen atoms in total. The minimum Gasteiger partial charge on any atom is -0.314 e. The van der Waals surface area contributed by atoms with E-state index in [0.717, 1.165) is 32.1 Å². The van der Waals surface area contributed by atoms with Gasteiger partial charge in [0.15, 0.2) is 0 Å². The van der Waals surface area contributed by atoms with Crippen LogP contribution in [-0.2, 0) is 0 Å². The molecule has 122 valence electrons. The predicted octanol–water partition coefficient (Wildman–Crippen LogP) is 2.15. The van der Waals surface area contributed by atoms with Crippen LogP contribution < -0.4 is 5.32 Å². The summed E-state index contributed by atoms with van der Waals surface area (Å²) in [6, 6.07) is 5.38. The number of hydrogen-bond acceptors (Lipinski definition) is 4. The predicted molar refractivity (Wildman–Crippen MR) is 90.9 cm³/mol. The molecule has 0 amide bonds. The molecule has 2 atom stereocenters. The van der Waals surface area contributed by atoms with Crippen LogP contribution in [0.5, 0.6) is 0 Å². The van der Waals surface area contributed by atoms with Crippen molar-refractivity contribution in [1.82, 2.24) is 20.1 Å². The third-order valence-electron chi connectivity index (χ3n) is 5.33. The lowest BCUT2D eigenvalue weighted by molar-refractivity contribution is 0.0724. The van der Waals surface area contributed by atoms with Gasteiger partial charge in [-0.15, -0.1) is 0 Å². The summed E-state index contributed by atoms with van der Waals surface area (Å²) in [4.78, 5) is 9.70. The van der Waals surface area contributed by atoms with Crippen molar-refractivity contribution in [3.8, 4) is 0 Å². The molecule has 1 aromatic rings. The van der Waals surface area contributed by atoms with E-state index in [4.69, 9.17) is 0 Å². The molecule has 3 rings (SSSR count). The molecule has 2 saturated heterocycles. The number of pyridine rings is 1. The van der Waals surface area contributed by atoms with Crippen molar-refractivity contribution in [3.05, 3.63) is 30.1 Å². The van der Waals surface area contributed by atoms with Crippen molar-refractivity contribution in [2.24, 2.45) is 5.92 Å². The Balaban J connectivity index is 1.74. The monoisotopic (exact) mass is 302 g/mol. The third kappa shape index (κ3) is 3.86. The Bertz CT molecular complexity index is 442. The maximum atomic E-state index is 4.37. The molecule has 1 aromatic heterocycles. The van der Waals surface area contributed by atoms with Crippen LogP contribution >= 0.6 is 0 Å². The van der Waals surface area contributed by atoms with Gasteiger partial charge in [-0.1, -0.05) is 13.0 Å². The standard InChI is InChI=1S/C18H30N4/c1-15-5-9-21(10-6-15)14-18(17-4-3-7-19-13-17)22-11-8-20-12-16(22)2/h3-4,7,13,15-16,18,20H,5-6,8-12,14H2,1-2H3. The smallest absolute Gasteiger partial charge is 0.0494 e. The van der Waals surface area contributed by atoms with Crippen LogP contribution in [0.15, 0.2) is 24.5 Å². The average molecular weight is 302 g/mol. The summed E-state index contributed by atoms with van der Waals surface area (Å²) in [5.74, 6) is 0.895. The SMILES string of the molecule is CC1CCN(CC(c2cccnc2)N2CCNCC2C)CC1. The summed E-state index contributed by atoms with van der Waals surface area (Å²) in [6.45, 7) is 11.7. The number of hydrogen-bond donors (Lipinski definition) is 1. The Morgan fingerprint density at radius 3 is 2.77 bits per heavy atom. The first-order valence-electron chi connectivity index (χ1n) is 8.83. The van der Waals surface area contributed by atoms with Gasteiger partial charge in [0.1, 0.15) is 0 Å². The second-order valence-corrected chi connectivity index (χ2v) is 7.08. The molecule has 0 bridgehead atoms. The normalized spacial score (nSPS) is 26.9. The van der Waals surface area contributed by atoms with Crippen molar-refractivity contribution in [2.75, 3.05) is 39.3 Å². The number of piperazine rings is 1. The minimum absolute atomic E-state index is 0.471. The van der Waals surface area contributed by atoms with E-state index in [1.54, 1.807) is 0 Å². The van der Waals surface area contributed by atoms with Gasteiger partial charge in [0.05, 0.1) is 0 Å². The number of rotatable bonds is 4. The van der Waals surface area contributed by atoms with Crippen LogP contribution in [0.2, 0.25) is 0 Å². The molecule has 0 radical (unpaired) electrons. The second kappa shape index (κ2) is 7.53. The zero-order valence-corrected chi connectivity index (χ0v) is 14.0. The lowest BCUT2D eigenvalue weighted by Gasteiger charge is -2.43. The molecule has 0 spiro atoms. The van der Waals surface area contributed by atoms with E-state index in [2.05, 4.69) is 52.3 Å². The quantitative estimate of drug-likeness (QED) is 0.923. The fraction of sp³-hybridized carbons (Fsp3) is 0.722. The number of piperidine rings is 1. The minimum atomic E-state index is 0.471. The van der Waals surface area contributed by atoms with Crippen LogP contribution in [0.4, 0.5) is 0 Å². The molecule has 2 fully saturated rings. The molecule has 2 aliphatic rings. The van der Waals surface area contributed by atoms with Crippen LogP contribution in [0.25, 0.3) is 0 Å². The van der Waals surface area contributed by atoms with Gasteiger partial charge in [-0.2, -0.15) is 0 Å². The average Bonchev–Trinajstić information content (AvgIpc) is 2.56. The Kier molecular flexibility index (Phi) is 5.45. The van der Waals surface area contributed by atoms with Gasteiger partial charge in [-0.25, -0.2) is 0 Å². The molecule has 2 unspecified atom stereocenters. The highest BCUT2D eigenvalue weighted by Crippen LogP contribution is 2.26. The van der Waals surface area contributed by atoms with Crippen LogP contribution in [0.1, 0.15) is 38.3 Å². The van der Waals surface area contributed by atoms with Crippen LogP contribution in [0.3, 0.4) is 0 Å². The summed E-state index contributed by atoms with van der Waals surface area (Å²) >= 11 is 0. The number of likely N-dealkylation sites (tertiary alicyclic amines) is 1. The largest absolute Gasteiger partial charge is 0.314 e. The maximum Gasteiger partial charge on any atom is 0.0494 e. The van der Waals surface area contributed by atoms with Crippen molar-refractivity contribution in [1.29, 1.82) is 0 Å². The summed E-state index contributed by atoms with van der Waals surface area (Å²) in [7, 11) is 0. The molecular formula is C18H30N4. The summed E-state index contributed by atoms with van der Waals surface area (Å²) in [6.07, 6.45) is 6.63. The fourth-order valence-electron chi connectivity index (χ4n) is 3.78. The fourth-order valence-corrected chi connectivity index (χ4v) is 3.78. The molecular weight excluding hydrogens is 272 g/mol. The van der Waals surface area contributed by atoms with Gasteiger partial charge in [-0.3, -0.25) is 9.88 Å². The molecule has 3 heterocycles. The van der Waals surface area contributed by atoms with E-state index >= 15 is 0 Å². The molecule has 0 saturated carbocycles. The highest BCUT2D eigenvalue weighted by Gasteiger charge is 2.29. The van der Waals surface area contributed by atoms with Gasteiger partial charge in [0.2, 0.25) is 0 Å². The molecule has 1 N–H and O–H groups in total. The van der Waals surface area contributed by atoms with Crippen molar-refractivity contribution < 1.29 is 0 Å². The first kappa shape index (κ1) is 15.9. The van der Waals surface area contributed by atoms with E-state index < -0.39 is 0 Å². The van der Waals surface area contributed by atoms with E-state index in [0.29, 0.717) is 12.1 Å². The van der Waals surface area contributed by atoms with Crippen LogP contribution in [-0.4, -0.2) is 60.1 Å². The van der Waals surface area contributed by atoms with E-state index in [9.17, 15) is 0 Å². The highest BCUT2D eigenvalue weighted by molar-refractivity contribution is 5.15. The lowest BCUT2D eigenvalue weighted by Crippen LogP contribution is -2.53. The van der Waals surface area contributed by atoms with E-state index in [-0.39, 0.29) is 0 Å². The van der Waals surface area contributed by atoms with Gasteiger partial charge < -0.3 is 10.2 Å². The first-order chi connectivity index (χ1) is 10.7. The van der Waals surface area contributed by atoms with Crippen LogP contribution in [0, 0.1) is 5.92 Å². The molecule has 0 aromatic carbocycles. The summed E-state index contributed by atoms with van der Waals surface area (Å²) in [5, 5.41) is 3.51. The topological polar surface area (TPSA) is 31.4 Å². The zero-order valence-electron chi connectivity index (χ0n) is 14.0. The first-order valence-corrected chi connectivity index (χ1v) is 8.83. The Hall–Kier alpha value is -0.970. The molecule has 4 heteroatoms. The molecule has 2 aliphatic heterocycles. The highest BCUT2D eigenvalue weighted by atomic mass is 15.3. The van der Waals surface area contributed by atoms with E-state index in [1.807, 2.05) is 6.20 Å². The van der Waals surface area contributed by atoms with E-state index in [1.165, 1.54) is 31.5 Å². The Morgan fingerprint density at radius 2 is 2.09 bits per heavy atom. The lowest BCUT2D eigenvalue weighted by atomic mass is 9.97. The zero-order chi connectivity index (χ0) is 15.4. The molecule has 22 heavy (non-hydrogen) atoms. The number of nitrogens with one attached hydrogen (secondary N) is 1. The van der Waals surface area contributed by atoms with Gasteiger partial charge in [-0.05, 0) is 50.4 Å². The number of aromatic nitrogens is 1. The maximum absolute atomic E-state index is 4.37.